The minimum absolute atomic E-state index is 0.661. The Morgan fingerprint density at radius 2 is 1.83 bits per heavy atom. The van der Waals surface area contributed by atoms with Gasteiger partial charge in [-0.1, -0.05) is 47.0 Å². The number of fused-ring (bicyclic) bond motifs is 1. The fourth-order valence-corrected chi connectivity index (χ4v) is 3.84. The molecule has 0 atom stereocenters. The average molecular weight is 361 g/mol. The van der Waals surface area contributed by atoms with Crippen LogP contribution in [0.4, 0.5) is 0 Å². The second-order valence-corrected chi connectivity index (χ2v) is 7.20. The molecule has 126 valence electrons. The Morgan fingerprint density at radius 3 is 2.54 bits per heavy atom. The molecule has 3 rings (SSSR count). The Labute approximate surface area is 153 Å². The fourth-order valence-electron chi connectivity index (χ4n) is 3.30. The Morgan fingerprint density at radius 1 is 1.04 bits per heavy atom. The summed E-state index contributed by atoms with van der Waals surface area (Å²) in [4.78, 5) is 3.54. The minimum Gasteiger partial charge on any atom is -0.353 e. The van der Waals surface area contributed by atoms with Gasteiger partial charge in [0, 0.05) is 21.7 Å². The molecule has 2 nitrogen and oxygen atoms in total. The lowest BCUT2D eigenvalue weighted by molar-refractivity contribution is 0.748. The van der Waals surface area contributed by atoms with E-state index < -0.39 is 0 Å². The SMILES string of the molecule is Cc1ccc(-c2[nH]c3c(Cl)cc(Cl)cc3c2CCCCN)c(C)c1. The molecule has 0 saturated heterocycles. The van der Waals surface area contributed by atoms with Crippen LogP contribution in [0.5, 0.6) is 0 Å². The molecule has 3 N–H and O–H groups in total. The number of hydrogen-bond donors (Lipinski definition) is 2. The van der Waals surface area contributed by atoms with Crippen molar-refractivity contribution in [3.63, 3.8) is 0 Å². The predicted molar refractivity (Wildman–Crippen MR) is 105 cm³/mol. The second-order valence-electron chi connectivity index (χ2n) is 6.35. The highest BCUT2D eigenvalue weighted by molar-refractivity contribution is 6.38. The van der Waals surface area contributed by atoms with Crippen LogP contribution < -0.4 is 5.73 Å². The number of aromatic amines is 1. The summed E-state index contributed by atoms with van der Waals surface area (Å²) in [5.41, 5.74) is 12.8. The van der Waals surface area contributed by atoms with Crippen molar-refractivity contribution in [2.45, 2.75) is 33.1 Å². The molecule has 1 heterocycles. The number of H-pyrrole nitrogens is 1. The second kappa shape index (κ2) is 7.18. The van der Waals surface area contributed by atoms with E-state index in [-0.39, 0.29) is 0 Å². The van der Waals surface area contributed by atoms with Crippen LogP contribution in [0.2, 0.25) is 10.0 Å². The van der Waals surface area contributed by atoms with E-state index in [1.54, 1.807) is 6.07 Å². The summed E-state index contributed by atoms with van der Waals surface area (Å²) in [6, 6.07) is 10.3. The number of nitrogens with two attached hydrogens (primary N) is 1. The molecule has 2 aromatic carbocycles. The molecule has 4 heteroatoms. The number of benzene rings is 2. The molecular weight excluding hydrogens is 339 g/mol. The molecule has 0 amide bonds. The van der Waals surface area contributed by atoms with Crippen LogP contribution >= 0.6 is 23.2 Å². The first-order chi connectivity index (χ1) is 11.5. The Kier molecular flexibility index (Phi) is 5.19. The van der Waals surface area contributed by atoms with Crippen LogP contribution in [0.3, 0.4) is 0 Å². The van der Waals surface area contributed by atoms with Gasteiger partial charge in [0.25, 0.3) is 0 Å². The number of aryl methyl sites for hydroxylation is 3. The largest absolute Gasteiger partial charge is 0.353 e. The summed E-state index contributed by atoms with van der Waals surface area (Å²) in [6.45, 7) is 4.97. The van der Waals surface area contributed by atoms with Crippen molar-refractivity contribution < 1.29 is 0 Å². The van der Waals surface area contributed by atoms with Crippen molar-refractivity contribution in [1.29, 1.82) is 0 Å². The zero-order valence-electron chi connectivity index (χ0n) is 14.0. The minimum atomic E-state index is 0.661. The van der Waals surface area contributed by atoms with Crippen molar-refractivity contribution in [1.82, 2.24) is 4.98 Å². The molecule has 1 aromatic heterocycles. The van der Waals surface area contributed by atoms with Crippen molar-refractivity contribution in [2.24, 2.45) is 5.73 Å². The first-order valence-corrected chi connectivity index (χ1v) is 9.04. The normalized spacial score (nSPS) is 11.4. The lowest BCUT2D eigenvalue weighted by Crippen LogP contribution is -1.99. The zero-order chi connectivity index (χ0) is 17.3. The van der Waals surface area contributed by atoms with E-state index in [0.29, 0.717) is 16.6 Å². The highest BCUT2D eigenvalue weighted by atomic mass is 35.5. The van der Waals surface area contributed by atoms with Crippen molar-refractivity contribution in [3.8, 4) is 11.3 Å². The maximum Gasteiger partial charge on any atom is 0.0662 e. The molecule has 0 saturated carbocycles. The first-order valence-electron chi connectivity index (χ1n) is 8.28. The maximum absolute atomic E-state index is 6.43. The molecule has 0 aliphatic heterocycles. The third kappa shape index (κ3) is 3.32. The number of nitrogens with one attached hydrogen (secondary N) is 1. The topological polar surface area (TPSA) is 41.8 Å². The molecule has 0 unspecified atom stereocenters. The van der Waals surface area contributed by atoms with E-state index in [1.807, 2.05) is 6.07 Å². The summed E-state index contributed by atoms with van der Waals surface area (Å²) >= 11 is 12.7. The number of rotatable bonds is 5. The Balaban J connectivity index is 2.21. The summed E-state index contributed by atoms with van der Waals surface area (Å²) < 4.78 is 0. The third-order valence-electron chi connectivity index (χ3n) is 4.46. The van der Waals surface area contributed by atoms with E-state index in [2.05, 4.69) is 37.0 Å². The lowest BCUT2D eigenvalue weighted by Gasteiger charge is -2.09. The predicted octanol–water partition coefficient (Wildman–Crippen LogP) is 6.04. The molecule has 24 heavy (non-hydrogen) atoms. The smallest absolute Gasteiger partial charge is 0.0662 e. The van der Waals surface area contributed by atoms with Gasteiger partial charge in [-0.15, -0.1) is 0 Å². The van der Waals surface area contributed by atoms with Crippen molar-refractivity contribution >= 4 is 34.1 Å². The standard InChI is InChI=1S/C20H22Cl2N2/c1-12-6-7-15(13(2)9-12)19-16(5-3-4-8-23)17-10-14(21)11-18(22)20(17)24-19/h6-7,9-11,24H,3-5,8,23H2,1-2H3. The van der Waals surface area contributed by atoms with Crippen molar-refractivity contribution in [3.05, 3.63) is 57.1 Å². The molecule has 0 bridgehead atoms. The molecular formula is C20H22Cl2N2. The first kappa shape index (κ1) is 17.3. The third-order valence-corrected chi connectivity index (χ3v) is 4.98. The van der Waals surface area contributed by atoms with Crippen LogP contribution in [0.25, 0.3) is 22.2 Å². The van der Waals surface area contributed by atoms with E-state index in [1.165, 1.54) is 22.3 Å². The van der Waals surface area contributed by atoms with Gasteiger partial charge in [0.2, 0.25) is 0 Å². The van der Waals surface area contributed by atoms with Gasteiger partial charge in [-0.3, -0.25) is 0 Å². The van der Waals surface area contributed by atoms with Gasteiger partial charge in [0.1, 0.15) is 0 Å². The summed E-state index contributed by atoms with van der Waals surface area (Å²) in [5.74, 6) is 0. The van der Waals surface area contributed by atoms with Crippen LogP contribution in [0.1, 0.15) is 29.5 Å². The van der Waals surface area contributed by atoms with Crippen LogP contribution in [-0.4, -0.2) is 11.5 Å². The van der Waals surface area contributed by atoms with E-state index in [9.17, 15) is 0 Å². The Hall–Kier alpha value is -1.48. The van der Waals surface area contributed by atoms with E-state index in [0.717, 1.165) is 35.9 Å². The van der Waals surface area contributed by atoms with Gasteiger partial charge in [0.05, 0.1) is 10.5 Å². The molecule has 3 aromatic rings. The number of hydrogen-bond acceptors (Lipinski definition) is 1. The van der Waals surface area contributed by atoms with Crippen LogP contribution in [-0.2, 0) is 6.42 Å². The van der Waals surface area contributed by atoms with Gasteiger partial charge in [-0.2, -0.15) is 0 Å². The summed E-state index contributed by atoms with van der Waals surface area (Å²) in [7, 11) is 0. The molecule has 0 radical (unpaired) electrons. The number of aromatic nitrogens is 1. The Bertz CT molecular complexity index is 881. The van der Waals surface area contributed by atoms with Crippen LogP contribution in [0.15, 0.2) is 30.3 Å². The average Bonchev–Trinajstić information content (AvgIpc) is 2.86. The molecule has 0 aliphatic carbocycles. The quantitative estimate of drug-likeness (QED) is 0.535. The van der Waals surface area contributed by atoms with E-state index >= 15 is 0 Å². The van der Waals surface area contributed by atoms with Gasteiger partial charge >= 0.3 is 0 Å². The fraction of sp³-hybridized carbons (Fsp3) is 0.300. The zero-order valence-corrected chi connectivity index (χ0v) is 15.6. The number of halogens is 2. The highest BCUT2D eigenvalue weighted by Gasteiger charge is 2.17. The van der Waals surface area contributed by atoms with Gasteiger partial charge in [-0.05, 0) is 62.9 Å². The van der Waals surface area contributed by atoms with Crippen molar-refractivity contribution in [2.75, 3.05) is 6.54 Å². The summed E-state index contributed by atoms with van der Waals surface area (Å²) in [5, 5.41) is 2.44. The lowest BCUT2D eigenvalue weighted by atomic mass is 9.96. The van der Waals surface area contributed by atoms with Crippen LogP contribution in [0, 0.1) is 13.8 Å². The van der Waals surface area contributed by atoms with Gasteiger partial charge < -0.3 is 10.7 Å². The monoisotopic (exact) mass is 360 g/mol. The molecule has 0 aliphatic rings. The molecule has 0 spiro atoms. The molecule has 0 fully saturated rings. The van der Waals surface area contributed by atoms with Gasteiger partial charge in [-0.25, -0.2) is 0 Å². The maximum atomic E-state index is 6.43. The van der Waals surface area contributed by atoms with E-state index in [4.69, 9.17) is 28.9 Å². The highest BCUT2D eigenvalue weighted by Crippen LogP contribution is 2.37. The van der Waals surface area contributed by atoms with Gasteiger partial charge in [0.15, 0.2) is 0 Å². The number of unbranched alkanes of at least 4 members (excludes halogenated alkanes) is 1. The summed E-state index contributed by atoms with van der Waals surface area (Å²) in [6.07, 6.45) is 3.01.